The normalized spacial score (nSPS) is 18.4. The lowest BCUT2D eigenvalue weighted by Crippen LogP contribution is -2.42. The molecule has 1 saturated heterocycles. The molecule has 6 nitrogen and oxygen atoms in total. The average molecular weight is 381 g/mol. The van der Waals surface area contributed by atoms with E-state index >= 15 is 0 Å². The number of hydrogen-bond acceptors (Lipinski definition) is 4. The largest absolute Gasteiger partial charge is 0.335 e. The molecule has 0 N–H and O–H groups in total. The molecule has 146 valence electrons. The number of fused-ring (bicyclic) bond motifs is 1. The maximum absolute atomic E-state index is 14.0. The van der Waals surface area contributed by atoms with Gasteiger partial charge in [0.25, 0.3) is 5.91 Å². The Hall–Kier alpha value is -2.80. The van der Waals surface area contributed by atoms with Crippen molar-refractivity contribution in [1.29, 1.82) is 0 Å². The first-order chi connectivity index (χ1) is 13.4. The first kappa shape index (κ1) is 18.6. The van der Waals surface area contributed by atoms with E-state index in [1.165, 1.54) is 12.1 Å². The zero-order valence-corrected chi connectivity index (χ0v) is 16.4. The van der Waals surface area contributed by atoms with Crippen LogP contribution in [0, 0.1) is 5.82 Å². The van der Waals surface area contributed by atoms with Crippen molar-refractivity contribution in [2.75, 3.05) is 26.7 Å². The quantitative estimate of drug-likeness (QED) is 0.685. The van der Waals surface area contributed by atoms with Crippen LogP contribution in [0.3, 0.4) is 0 Å². The number of aryl methyl sites for hydroxylation is 1. The molecule has 0 radical (unpaired) electrons. The number of carbonyl (C=O) groups excluding carboxylic acids is 1. The van der Waals surface area contributed by atoms with Crippen LogP contribution in [0.1, 0.15) is 23.7 Å². The monoisotopic (exact) mass is 381 g/mol. The summed E-state index contributed by atoms with van der Waals surface area (Å²) in [5.41, 5.74) is 2.58. The molecule has 0 aliphatic carbocycles. The van der Waals surface area contributed by atoms with Crippen LogP contribution in [0.2, 0.25) is 0 Å². The molecule has 3 aromatic rings. The zero-order chi connectivity index (χ0) is 19.8. The van der Waals surface area contributed by atoms with Gasteiger partial charge in [0.2, 0.25) is 0 Å². The molecule has 1 amide bonds. The van der Waals surface area contributed by atoms with Gasteiger partial charge in [0.05, 0.1) is 23.0 Å². The van der Waals surface area contributed by atoms with Crippen LogP contribution >= 0.6 is 0 Å². The van der Waals surface area contributed by atoms with E-state index in [-0.39, 0.29) is 17.8 Å². The number of nitrogens with zero attached hydrogens (tertiary/aromatic N) is 5. The van der Waals surface area contributed by atoms with Crippen LogP contribution in [0.25, 0.3) is 22.2 Å². The minimum Gasteiger partial charge on any atom is -0.335 e. The van der Waals surface area contributed by atoms with Gasteiger partial charge in [-0.25, -0.2) is 9.37 Å². The predicted molar refractivity (Wildman–Crippen MR) is 107 cm³/mol. The van der Waals surface area contributed by atoms with Gasteiger partial charge in [-0.15, -0.1) is 0 Å². The van der Waals surface area contributed by atoms with E-state index in [9.17, 15) is 9.18 Å². The van der Waals surface area contributed by atoms with Crippen molar-refractivity contribution in [2.24, 2.45) is 7.05 Å². The number of benzene rings is 1. The number of rotatable bonds is 2. The number of pyridine rings is 1. The number of hydrogen-bond donors (Lipinski definition) is 0. The van der Waals surface area contributed by atoms with Crippen LogP contribution in [-0.4, -0.2) is 63.2 Å². The Labute approximate surface area is 163 Å². The smallest absolute Gasteiger partial charge is 0.254 e. The van der Waals surface area contributed by atoms with Crippen molar-refractivity contribution in [2.45, 2.75) is 19.4 Å². The summed E-state index contributed by atoms with van der Waals surface area (Å²) in [5, 5.41) is 4.74. The van der Waals surface area contributed by atoms with Crippen LogP contribution in [0.5, 0.6) is 0 Å². The lowest BCUT2D eigenvalue weighted by Gasteiger charge is -2.28. The van der Waals surface area contributed by atoms with Crippen molar-refractivity contribution < 1.29 is 9.18 Å². The van der Waals surface area contributed by atoms with Crippen molar-refractivity contribution in [1.82, 2.24) is 24.6 Å². The lowest BCUT2D eigenvalue weighted by molar-refractivity contribution is 0.0698. The van der Waals surface area contributed by atoms with Crippen LogP contribution in [0.4, 0.5) is 4.39 Å². The van der Waals surface area contributed by atoms with Crippen LogP contribution in [0.15, 0.2) is 36.7 Å². The van der Waals surface area contributed by atoms with E-state index in [1.54, 1.807) is 23.0 Å². The highest BCUT2D eigenvalue weighted by Crippen LogP contribution is 2.27. The molecule has 7 heteroatoms. The summed E-state index contributed by atoms with van der Waals surface area (Å²) in [6, 6.07) is 6.25. The summed E-state index contributed by atoms with van der Waals surface area (Å²) in [7, 11) is 3.91. The third-order valence-corrected chi connectivity index (χ3v) is 5.31. The predicted octanol–water partition coefficient (Wildman–Crippen LogP) is 2.94. The third-order valence-electron chi connectivity index (χ3n) is 5.31. The molecule has 3 heterocycles. The molecule has 0 saturated carbocycles. The van der Waals surface area contributed by atoms with Gasteiger partial charge in [0.15, 0.2) is 0 Å². The molecule has 0 bridgehead atoms. The van der Waals surface area contributed by atoms with Gasteiger partial charge in [-0.05, 0) is 51.2 Å². The van der Waals surface area contributed by atoms with E-state index in [0.717, 1.165) is 25.1 Å². The summed E-state index contributed by atoms with van der Waals surface area (Å²) >= 11 is 0. The Kier molecular flexibility index (Phi) is 4.85. The van der Waals surface area contributed by atoms with Crippen molar-refractivity contribution in [3.05, 3.63) is 48.0 Å². The highest BCUT2D eigenvalue weighted by Gasteiger charge is 2.27. The molecule has 1 atom stereocenters. The summed E-state index contributed by atoms with van der Waals surface area (Å²) in [6.45, 7) is 4.52. The average Bonchev–Trinajstić information content (AvgIpc) is 3.02. The van der Waals surface area contributed by atoms with E-state index in [0.29, 0.717) is 28.7 Å². The fraction of sp³-hybridized carbons (Fsp3) is 0.381. The molecular formula is C21H24FN5O. The molecule has 2 aromatic heterocycles. The number of aromatic nitrogens is 3. The number of amides is 1. The molecular weight excluding hydrogens is 357 g/mol. The minimum atomic E-state index is -0.374. The topological polar surface area (TPSA) is 54.3 Å². The SMILES string of the molecule is CC1CN(C)CCCN1C(=O)c1cc(-c2cnn(C)c2)nc2ccc(F)cc12. The van der Waals surface area contributed by atoms with Gasteiger partial charge in [0, 0.05) is 43.3 Å². The number of likely N-dealkylation sites (N-methyl/N-ethyl adjacent to an activating group) is 1. The van der Waals surface area contributed by atoms with Crippen molar-refractivity contribution in [3.63, 3.8) is 0 Å². The van der Waals surface area contributed by atoms with Crippen molar-refractivity contribution in [3.8, 4) is 11.3 Å². The van der Waals surface area contributed by atoms with Gasteiger partial charge in [-0.3, -0.25) is 9.48 Å². The van der Waals surface area contributed by atoms with Gasteiger partial charge >= 0.3 is 0 Å². The Morgan fingerprint density at radius 2 is 2.04 bits per heavy atom. The van der Waals surface area contributed by atoms with Crippen LogP contribution in [-0.2, 0) is 7.05 Å². The second-order valence-electron chi connectivity index (χ2n) is 7.58. The minimum absolute atomic E-state index is 0.0778. The summed E-state index contributed by atoms with van der Waals surface area (Å²) in [4.78, 5) is 22.3. The standard InChI is InChI=1S/C21H24FN5O/c1-14-12-25(2)7-4-8-27(14)21(28)18-10-20(15-11-23-26(3)13-15)24-19-6-5-16(22)9-17(18)19/h5-6,9-11,13-14H,4,7-8,12H2,1-3H3. The van der Waals surface area contributed by atoms with Crippen LogP contribution < -0.4 is 0 Å². The van der Waals surface area contributed by atoms with E-state index in [2.05, 4.69) is 29.0 Å². The number of carbonyl (C=O) groups is 1. The zero-order valence-electron chi connectivity index (χ0n) is 16.4. The molecule has 0 spiro atoms. The Bertz CT molecular complexity index is 1030. The van der Waals surface area contributed by atoms with Gasteiger partial charge in [0.1, 0.15) is 5.82 Å². The molecule has 4 rings (SSSR count). The highest BCUT2D eigenvalue weighted by molar-refractivity contribution is 6.07. The molecule has 1 fully saturated rings. The van der Waals surface area contributed by atoms with E-state index < -0.39 is 0 Å². The van der Waals surface area contributed by atoms with Gasteiger partial charge in [-0.2, -0.15) is 5.10 Å². The Morgan fingerprint density at radius 3 is 2.79 bits per heavy atom. The molecule has 1 aliphatic heterocycles. The van der Waals surface area contributed by atoms with E-state index in [1.807, 2.05) is 18.1 Å². The maximum atomic E-state index is 14.0. The fourth-order valence-corrected chi connectivity index (χ4v) is 3.91. The first-order valence-electron chi connectivity index (χ1n) is 9.51. The molecule has 1 aliphatic rings. The fourth-order valence-electron chi connectivity index (χ4n) is 3.91. The lowest BCUT2D eigenvalue weighted by atomic mass is 10.0. The molecule has 1 aromatic carbocycles. The van der Waals surface area contributed by atoms with Crippen molar-refractivity contribution >= 4 is 16.8 Å². The molecule has 1 unspecified atom stereocenters. The first-order valence-corrected chi connectivity index (χ1v) is 9.51. The van der Waals surface area contributed by atoms with E-state index in [4.69, 9.17) is 0 Å². The summed E-state index contributed by atoms with van der Waals surface area (Å²) < 4.78 is 15.7. The van der Waals surface area contributed by atoms with Gasteiger partial charge in [-0.1, -0.05) is 0 Å². The van der Waals surface area contributed by atoms with Gasteiger partial charge < -0.3 is 9.80 Å². The second-order valence-corrected chi connectivity index (χ2v) is 7.58. The maximum Gasteiger partial charge on any atom is 0.254 e. The Balaban J connectivity index is 1.84. The summed E-state index contributed by atoms with van der Waals surface area (Å²) in [5.74, 6) is -0.452. The highest BCUT2D eigenvalue weighted by atomic mass is 19.1. The number of halogens is 1. The Morgan fingerprint density at radius 1 is 1.21 bits per heavy atom. The third kappa shape index (κ3) is 3.49. The second kappa shape index (κ2) is 7.31. The molecule has 28 heavy (non-hydrogen) atoms. The summed E-state index contributed by atoms with van der Waals surface area (Å²) in [6.07, 6.45) is 4.49.